The predicted molar refractivity (Wildman–Crippen MR) is 87.5 cm³/mol. The van der Waals surface area contributed by atoms with E-state index in [0.717, 1.165) is 19.4 Å². The Morgan fingerprint density at radius 3 is 2.71 bits per heavy atom. The topological polar surface area (TPSA) is 50.7 Å². The summed E-state index contributed by atoms with van der Waals surface area (Å²) in [7, 11) is 0. The van der Waals surface area contributed by atoms with Crippen molar-refractivity contribution < 1.29 is 14.6 Å². The van der Waals surface area contributed by atoms with Gasteiger partial charge in [-0.05, 0) is 18.6 Å². The number of benzene rings is 1. The maximum absolute atomic E-state index is 9.81. The number of nitrogens with one attached hydrogen (secondary N) is 1. The minimum atomic E-state index is -0.615. The molecule has 1 aromatic rings. The van der Waals surface area contributed by atoms with E-state index in [4.69, 9.17) is 32.7 Å². The third kappa shape index (κ3) is 7.88. The van der Waals surface area contributed by atoms with Crippen molar-refractivity contribution in [1.82, 2.24) is 0 Å². The van der Waals surface area contributed by atoms with Gasteiger partial charge in [0.1, 0.15) is 0 Å². The van der Waals surface area contributed by atoms with Gasteiger partial charge in [-0.2, -0.15) is 0 Å². The van der Waals surface area contributed by atoms with Crippen molar-refractivity contribution in [1.29, 1.82) is 0 Å². The molecule has 0 fully saturated rings. The van der Waals surface area contributed by atoms with E-state index in [9.17, 15) is 5.11 Å². The zero-order valence-corrected chi connectivity index (χ0v) is 13.8. The normalized spacial score (nSPS) is 12.4. The number of anilines is 1. The first-order valence-corrected chi connectivity index (χ1v) is 7.92. The van der Waals surface area contributed by atoms with E-state index < -0.39 is 6.10 Å². The van der Waals surface area contributed by atoms with Crippen LogP contribution < -0.4 is 5.32 Å². The van der Waals surface area contributed by atoms with Crippen molar-refractivity contribution in [3.8, 4) is 0 Å². The van der Waals surface area contributed by atoms with Gasteiger partial charge in [0.15, 0.2) is 0 Å². The first kappa shape index (κ1) is 18.5. The van der Waals surface area contributed by atoms with Crippen molar-refractivity contribution in [2.45, 2.75) is 25.9 Å². The molecular weight excluding hydrogens is 313 g/mol. The Morgan fingerprint density at radius 2 is 1.95 bits per heavy atom. The van der Waals surface area contributed by atoms with Crippen LogP contribution in [-0.2, 0) is 9.47 Å². The van der Waals surface area contributed by atoms with Crippen LogP contribution in [0.4, 0.5) is 5.69 Å². The molecule has 1 rings (SSSR count). The molecule has 1 atom stereocenters. The molecule has 1 aromatic carbocycles. The van der Waals surface area contributed by atoms with Crippen LogP contribution in [0.5, 0.6) is 0 Å². The minimum absolute atomic E-state index is 0.252. The number of ether oxygens (including phenoxy) is 2. The Hall–Kier alpha value is -0.520. The average molecular weight is 336 g/mol. The van der Waals surface area contributed by atoms with Gasteiger partial charge >= 0.3 is 0 Å². The molecule has 1 unspecified atom stereocenters. The zero-order chi connectivity index (χ0) is 15.5. The molecule has 0 spiro atoms. The zero-order valence-electron chi connectivity index (χ0n) is 12.3. The fourth-order valence-corrected chi connectivity index (χ4v) is 1.98. The van der Waals surface area contributed by atoms with Crippen molar-refractivity contribution in [3.63, 3.8) is 0 Å². The van der Waals surface area contributed by atoms with Gasteiger partial charge in [0.05, 0.1) is 41.7 Å². The monoisotopic (exact) mass is 335 g/mol. The van der Waals surface area contributed by atoms with Crippen LogP contribution in [0.2, 0.25) is 10.0 Å². The van der Waals surface area contributed by atoms with E-state index in [1.165, 1.54) is 0 Å². The second-order valence-corrected chi connectivity index (χ2v) is 5.46. The minimum Gasteiger partial charge on any atom is -0.389 e. The lowest BCUT2D eigenvalue weighted by Crippen LogP contribution is -2.25. The van der Waals surface area contributed by atoms with Crippen LogP contribution in [0.1, 0.15) is 19.8 Å². The van der Waals surface area contributed by atoms with E-state index in [2.05, 4.69) is 12.2 Å². The number of rotatable bonds is 11. The van der Waals surface area contributed by atoms with Gasteiger partial charge < -0.3 is 19.9 Å². The Balaban J connectivity index is 2.11. The Kier molecular flexibility index (Phi) is 9.79. The summed E-state index contributed by atoms with van der Waals surface area (Å²) in [5.41, 5.74) is 0.700. The van der Waals surface area contributed by atoms with Crippen LogP contribution >= 0.6 is 23.2 Å². The van der Waals surface area contributed by atoms with Gasteiger partial charge in [-0.15, -0.1) is 0 Å². The molecule has 0 amide bonds. The van der Waals surface area contributed by atoms with Gasteiger partial charge in [0, 0.05) is 13.2 Å². The number of hydrogen-bond donors (Lipinski definition) is 2. The second kappa shape index (κ2) is 11.1. The van der Waals surface area contributed by atoms with E-state index >= 15 is 0 Å². The highest BCUT2D eigenvalue weighted by Crippen LogP contribution is 2.29. The lowest BCUT2D eigenvalue weighted by molar-refractivity contribution is 0.00749. The molecule has 0 aliphatic carbocycles. The maximum atomic E-state index is 9.81. The molecule has 6 heteroatoms. The van der Waals surface area contributed by atoms with E-state index in [1.54, 1.807) is 12.1 Å². The number of hydrogen-bond acceptors (Lipinski definition) is 4. The molecule has 21 heavy (non-hydrogen) atoms. The second-order valence-electron chi connectivity index (χ2n) is 4.68. The number of aliphatic hydroxyl groups is 1. The molecule has 0 aliphatic heterocycles. The van der Waals surface area contributed by atoms with Crippen molar-refractivity contribution in [2.75, 3.05) is 38.3 Å². The molecule has 0 saturated carbocycles. The fraction of sp³-hybridized carbons (Fsp3) is 0.600. The highest BCUT2D eigenvalue weighted by Gasteiger charge is 2.07. The van der Waals surface area contributed by atoms with Gasteiger partial charge in [0.2, 0.25) is 0 Å². The van der Waals surface area contributed by atoms with Crippen LogP contribution in [0.15, 0.2) is 18.2 Å². The van der Waals surface area contributed by atoms with Crippen LogP contribution in [0, 0.1) is 0 Å². The number of aliphatic hydroxyl groups excluding tert-OH is 1. The number of halogens is 2. The molecule has 0 heterocycles. The molecule has 0 aliphatic rings. The third-order valence-electron chi connectivity index (χ3n) is 2.80. The molecule has 4 nitrogen and oxygen atoms in total. The van der Waals surface area contributed by atoms with Gasteiger partial charge in [-0.1, -0.05) is 42.6 Å². The predicted octanol–water partition coefficient (Wildman–Crippen LogP) is 3.60. The summed E-state index contributed by atoms with van der Waals surface area (Å²) < 4.78 is 10.7. The highest BCUT2D eigenvalue weighted by atomic mass is 35.5. The molecule has 2 N–H and O–H groups in total. The summed E-state index contributed by atoms with van der Waals surface area (Å²) in [5, 5.41) is 13.8. The largest absolute Gasteiger partial charge is 0.389 e. The molecule has 0 bridgehead atoms. The van der Waals surface area contributed by atoms with Crippen LogP contribution in [0.25, 0.3) is 0 Å². The van der Waals surface area contributed by atoms with Crippen LogP contribution in [0.3, 0.4) is 0 Å². The fourth-order valence-electron chi connectivity index (χ4n) is 1.61. The van der Waals surface area contributed by atoms with Gasteiger partial charge in [-0.25, -0.2) is 0 Å². The summed E-state index contributed by atoms with van der Waals surface area (Å²) >= 11 is 12.0. The summed E-state index contributed by atoms with van der Waals surface area (Å²) in [6.45, 7) is 4.52. The molecule has 0 radical (unpaired) electrons. The molecule has 120 valence electrons. The lowest BCUT2D eigenvalue weighted by Gasteiger charge is -2.14. The van der Waals surface area contributed by atoms with Crippen molar-refractivity contribution in [2.24, 2.45) is 0 Å². The van der Waals surface area contributed by atoms with Gasteiger partial charge in [0.25, 0.3) is 0 Å². The molecular formula is C15H23Cl2NO3. The Bertz CT molecular complexity index is 405. The van der Waals surface area contributed by atoms with Crippen LogP contribution in [-0.4, -0.2) is 44.2 Å². The summed E-state index contributed by atoms with van der Waals surface area (Å²) in [6.07, 6.45) is 1.57. The molecule has 0 saturated heterocycles. The average Bonchev–Trinajstić information content (AvgIpc) is 2.48. The van der Waals surface area contributed by atoms with E-state index in [1.807, 2.05) is 6.07 Å². The van der Waals surface area contributed by atoms with Crippen molar-refractivity contribution in [3.05, 3.63) is 28.2 Å². The highest BCUT2D eigenvalue weighted by molar-refractivity contribution is 6.43. The van der Waals surface area contributed by atoms with Crippen molar-refractivity contribution >= 4 is 28.9 Å². The van der Waals surface area contributed by atoms with Gasteiger partial charge in [-0.3, -0.25) is 0 Å². The smallest absolute Gasteiger partial charge is 0.0945 e. The maximum Gasteiger partial charge on any atom is 0.0945 e. The van der Waals surface area contributed by atoms with E-state index in [-0.39, 0.29) is 6.61 Å². The standard InChI is InChI=1S/C15H23Cl2NO3/c1-2-3-7-20-8-9-21-11-12(19)10-18-14-6-4-5-13(16)15(14)17/h4-6,12,18-19H,2-3,7-11H2,1H3. The first-order chi connectivity index (χ1) is 10.1. The lowest BCUT2D eigenvalue weighted by atomic mass is 10.3. The first-order valence-electron chi connectivity index (χ1n) is 7.16. The quantitative estimate of drug-likeness (QED) is 0.606. The SMILES string of the molecule is CCCCOCCOCC(O)CNc1cccc(Cl)c1Cl. The Labute approximate surface area is 136 Å². The summed E-state index contributed by atoms with van der Waals surface area (Å²) in [6, 6.07) is 5.32. The Morgan fingerprint density at radius 1 is 1.19 bits per heavy atom. The molecule has 0 aromatic heterocycles. The summed E-state index contributed by atoms with van der Waals surface area (Å²) in [4.78, 5) is 0. The summed E-state index contributed by atoms with van der Waals surface area (Å²) in [5.74, 6) is 0. The van der Waals surface area contributed by atoms with E-state index in [0.29, 0.717) is 35.5 Å². The number of unbranched alkanes of at least 4 members (excludes halogenated alkanes) is 1. The third-order valence-corrected chi connectivity index (χ3v) is 3.62.